The molecule has 8 heteroatoms. The highest BCUT2D eigenvalue weighted by molar-refractivity contribution is 7.90. The minimum atomic E-state index is -3.22. The third-order valence-corrected chi connectivity index (χ3v) is 6.46. The molecular weight excluding hydrogens is 332 g/mol. The molecule has 126 valence electrons. The summed E-state index contributed by atoms with van der Waals surface area (Å²) in [6, 6.07) is 0. The molecule has 0 spiro atoms. The molecule has 2 aromatic rings. The van der Waals surface area contributed by atoms with Crippen LogP contribution in [0.3, 0.4) is 0 Å². The van der Waals surface area contributed by atoms with Gasteiger partial charge in [0.1, 0.15) is 4.90 Å². The van der Waals surface area contributed by atoms with Crippen molar-refractivity contribution in [3.05, 3.63) is 28.0 Å². The van der Waals surface area contributed by atoms with Crippen LogP contribution in [0.15, 0.2) is 16.6 Å². The number of nitrogens with zero attached hydrogens (tertiary/aromatic N) is 3. The van der Waals surface area contributed by atoms with E-state index in [-0.39, 0.29) is 0 Å². The number of piperidine rings is 1. The normalized spacial score (nSPS) is 20.0. The van der Waals surface area contributed by atoms with E-state index in [2.05, 4.69) is 27.0 Å². The number of sulfone groups is 1. The summed E-state index contributed by atoms with van der Waals surface area (Å²) in [5, 5.41) is 6.79. The Morgan fingerprint density at radius 1 is 1.48 bits per heavy atom. The number of hydrogen-bond acceptors (Lipinski definition) is 6. The molecule has 1 saturated heterocycles. The van der Waals surface area contributed by atoms with Crippen LogP contribution in [0, 0.1) is 12.8 Å². The lowest BCUT2D eigenvalue weighted by Crippen LogP contribution is -2.35. The number of hydrogen-bond donors (Lipinski definition) is 1. The first-order valence-corrected chi connectivity index (χ1v) is 10.5. The lowest BCUT2D eigenvalue weighted by Gasteiger charge is -2.32. The molecule has 0 bridgehead atoms. The van der Waals surface area contributed by atoms with Crippen molar-refractivity contribution in [2.45, 2.75) is 37.6 Å². The van der Waals surface area contributed by atoms with Gasteiger partial charge in [-0.15, -0.1) is 11.3 Å². The van der Waals surface area contributed by atoms with Gasteiger partial charge in [0.25, 0.3) is 0 Å². The molecule has 3 rings (SSSR count). The smallest absolute Gasteiger partial charge is 0.178 e. The second kappa shape index (κ2) is 6.70. The second-order valence-electron chi connectivity index (χ2n) is 6.29. The highest BCUT2D eigenvalue weighted by Crippen LogP contribution is 2.25. The summed E-state index contributed by atoms with van der Waals surface area (Å²) >= 11 is 1.71. The monoisotopic (exact) mass is 354 g/mol. The number of aryl methyl sites for hydroxylation is 1. The predicted octanol–water partition coefficient (Wildman–Crippen LogP) is 2.03. The van der Waals surface area contributed by atoms with Crippen LogP contribution in [0.4, 0.5) is 0 Å². The van der Waals surface area contributed by atoms with Gasteiger partial charge in [-0.1, -0.05) is 0 Å². The van der Waals surface area contributed by atoms with E-state index in [4.69, 9.17) is 0 Å². The Bertz CT molecular complexity index is 766. The number of rotatable bonds is 5. The Hall–Kier alpha value is -1.25. The average Bonchev–Trinajstić information content (AvgIpc) is 3.09. The summed E-state index contributed by atoms with van der Waals surface area (Å²) in [7, 11) is -3.22. The molecule has 0 unspecified atom stereocenters. The maximum absolute atomic E-state index is 11.8. The van der Waals surface area contributed by atoms with E-state index in [1.54, 1.807) is 11.3 Å². The average molecular weight is 355 g/mol. The molecule has 3 heterocycles. The summed E-state index contributed by atoms with van der Waals surface area (Å²) in [5.41, 5.74) is 3.76. The summed E-state index contributed by atoms with van der Waals surface area (Å²) in [6.07, 6.45) is 5.67. The van der Waals surface area contributed by atoms with Crippen LogP contribution in [0.2, 0.25) is 0 Å². The topological polar surface area (TPSA) is 79.0 Å². The number of H-pyrrole nitrogens is 1. The molecule has 1 aliphatic heterocycles. The number of nitrogens with one attached hydrogen (secondary N) is 1. The van der Waals surface area contributed by atoms with Gasteiger partial charge in [0.05, 0.1) is 23.1 Å². The molecule has 0 amide bonds. The molecule has 2 aromatic heterocycles. The van der Waals surface area contributed by atoms with Crippen LogP contribution in [-0.2, 0) is 22.8 Å². The lowest BCUT2D eigenvalue weighted by atomic mass is 9.93. The van der Waals surface area contributed by atoms with Crippen LogP contribution in [0.25, 0.3) is 0 Å². The van der Waals surface area contributed by atoms with E-state index in [0.717, 1.165) is 50.3 Å². The van der Waals surface area contributed by atoms with Crippen molar-refractivity contribution in [1.82, 2.24) is 20.1 Å². The van der Waals surface area contributed by atoms with Gasteiger partial charge in [-0.05, 0) is 38.6 Å². The molecule has 1 fully saturated rings. The fourth-order valence-corrected chi connectivity index (χ4v) is 4.84. The standard InChI is InChI=1S/C15H22N4O2S2/c1-11-14(22-10-16-11)9-19-5-3-4-12(8-19)6-13-15(7-17-18-13)23(2,20)21/h7,10,12H,3-6,8-9H2,1-2H3,(H,17,18)/t12-/m1/s1. The first kappa shape index (κ1) is 16.6. The zero-order chi connectivity index (χ0) is 16.4. The predicted molar refractivity (Wildman–Crippen MR) is 90.3 cm³/mol. The minimum Gasteiger partial charge on any atom is -0.298 e. The molecule has 23 heavy (non-hydrogen) atoms. The zero-order valence-electron chi connectivity index (χ0n) is 13.4. The van der Waals surface area contributed by atoms with Crippen molar-refractivity contribution < 1.29 is 8.42 Å². The van der Waals surface area contributed by atoms with Gasteiger partial charge in [0, 0.05) is 24.2 Å². The Morgan fingerprint density at radius 3 is 3.00 bits per heavy atom. The molecule has 0 aromatic carbocycles. The summed E-state index contributed by atoms with van der Waals surface area (Å²) in [6.45, 7) is 5.07. The van der Waals surface area contributed by atoms with Crippen molar-refractivity contribution in [3.8, 4) is 0 Å². The quantitative estimate of drug-likeness (QED) is 0.889. The number of thiazole rings is 1. The van der Waals surface area contributed by atoms with Crippen LogP contribution in [-0.4, -0.2) is 47.8 Å². The number of likely N-dealkylation sites (tertiary alicyclic amines) is 1. The van der Waals surface area contributed by atoms with Crippen LogP contribution >= 0.6 is 11.3 Å². The van der Waals surface area contributed by atoms with E-state index in [0.29, 0.717) is 10.8 Å². The van der Waals surface area contributed by atoms with Crippen molar-refractivity contribution in [2.24, 2.45) is 5.92 Å². The number of aromatic amines is 1. The molecule has 1 N–H and O–H groups in total. The third-order valence-electron chi connectivity index (χ3n) is 4.39. The largest absolute Gasteiger partial charge is 0.298 e. The summed E-state index contributed by atoms with van der Waals surface area (Å²) in [5.74, 6) is 0.456. The van der Waals surface area contributed by atoms with E-state index in [9.17, 15) is 8.42 Å². The molecular formula is C15H22N4O2S2. The highest BCUT2D eigenvalue weighted by Gasteiger charge is 2.24. The van der Waals surface area contributed by atoms with E-state index in [1.165, 1.54) is 17.3 Å². The summed E-state index contributed by atoms with van der Waals surface area (Å²) < 4.78 is 23.6. The van der Waals surface area contributed by atoms with Gasteiger partial charge in [-0.2, -0.15) is 5.10 Å². The molecule has 1 atom stereocenters. The van der Waals surface area contributed by atoms with Crippen molar-refractivity contribution in [1.29, 1.82) is 0 Å². The van der Waals surface area contributed by atoms with Crippen LogP contribution < -0.4 is 0 Å². The van der Waals surface area contributed by atoms with E-state index < -0.39 is 9.84 Å². The molecule has 0 aliphatic carbocycles. The minimum absolute atomic E-state index is 0.341. The van der Waals surface area contributed by atoms with Gasteiger partial charge in [-0.25, -0.2) is 13.4 Å². The molecule has 0 saturated carbocycles. The van der Waals surface area contributed by atoms with Gasteiger partial charge in [0.2, 0.25) is 0 Å². The Morgan fingerprint density at radius 2 is 2.30 bits per heavy atom. The zero-order valence-corrected chi connectivity index (χ0v) is 15.1. The highest BCUT2D eigenvalue weighted by atomic mass is 32.2. The molecule has 0 radical (unpaired) electrons. The van der Waals surface area contributed by atoms with E-state index >= 15 is 0 Å². The fraction of sp³-hybridized carbons (Fsp3) is 0.600. The molecule has 1 aliphatic rings. The first-order valence-electron chi connectivity index (χ1n) is 7.77. The van der Waals surface area contributed by atoms with Crippen LogP contribution in [0.1, 0.15) is 29.1 Å². The van der Waals surface area contributed by atoms with Crippen molar-refractivity contribution in [2.75, 3.05) is 19.3 Å². The summed E-state index contributed by atoms with van der Waals surface area (Å²) in [4.78, 5) is 8.43. The van der Waals surface area contributed by atoms with Gasteiger partial charge in [0.15, 0.2) is 9.84 Å². The lowest BCUT2D eigenvalue weighted by molar-refractivity contribution is 0.167. The molecule has 6 nitrogen and oxygen atoms in total. The van der Waals surface area contributed by atoms with Crippen LogP contribution in [0.5, 0.6) is 0 Å². The van der Waals surface area contributed by atoms with Gasteiger partial charge >= 0.3 is 0 Å². The second-order valence-corrected chi connectivity index (χ2v) is 9.22. The van der Waals surface area contributed by atoms with E-state index in [1.807, 2.05) is 5.51 Å². The Balaban J connectivity index is 1.65. The fourth-order valence-electron chi connectivity index (χ4n) is 3.20. The maximum atomic E-state index is 11.8. The van der Waals surface area contributed by atoms with Gasteiger partial charge in [-0.3, -0.25) is 10.00 Å². The number of aromatic nitrogens is 3. The van der Waals surface area contributed by atoms with Crippen molar-refractivity contribution >= 4 is 21.2 Å². The SMILES string of the molecule is Cc1ncsc1CN1CCC[C@H](Cc2[nH]ncc2S(C)(=O)=O)C1. The van der Waals surface area contributed by atoms with Gasteiger partial charge < -0.3 is 0 Å². The third kappa shape index (κ3) is 3.99. The first-order chi connectivity index (χ1) is 10.9. The Labute approximate surface area is 140 Å². The Kier molecular flexibility index (Phi) is 4.84. The van der Waals surface area contributed by atoms with Crippen molar-refractivity contribution in [3.63, 3.8) is 0 Å². The maximum Gasteiger partial charge on any atom is 0.178 e.